The van der Waals surface area contributed by atoms with Crippen molar-refractivity contribution in [3.05, 3.63) is 33.8 Å². The summed E-state index contributed by atoms with van der Waals surface area (Å²) in [5.41, 5.74) is 0.380. The summed E-state index contributed by atoms with van der Waals surface area (Å²) in [6, 6.07) is 4.57. The number of carbonyl (C=O) groups excluding carboxylic acids is 1. The van der Waals surface area contributed by atoms with Gasteiger partial charge >= 0.3 is 0 Å². The fourth-order valence-corrected chi connectivity index (χ4v) is 1.42. The maximum absolute atomic E-state index is 11.7. The molecule has 1 rings (SSSR count). The molecule has 0 saturated heterocycles. The molecule has 0 aliphatic carbocycles. The molecule has 1 aromatic rings. The molecule has 1 aromatic carbocycles. The zero-order valence-corrected chi connectivity index (χ0v) is 10.0. The van der Waals surface area contributed by atoms with Gasteiger partial charge in [-0.15, -0.1) is 0 Å². The number of hydrogen-bond donors (Lipinski definition) is 1. The van der Waals surface area contributed by atoms with Crippen molar-refractivity contribution >= 4 is 29.0 Å². The van der Waals surface area contributed by atoms with Gasteiger partial charge in [-0.2, -0.15) is 0 Å². The van der Waals surface area contributed by atoms with E-state index in [0.717, 1.165) is 0 Å². The van der Waals surface area contributed by atoms with E-state index in [4.69, 9.17) is 23.2 Å². The first-order valence-corrected chi connectivity index (χ1v) is 5.36. The van der Waals surface area contributed by atoms with Crippen LogP contribution in [0, 0.1) is 5.92 Å². The van der Waals surface area contributed by atoms with E-state index in [9.17, 15) is 9.90 Å². The monoisotopic (exact) mass is 246 g/mol. The second kappa shape index (κ2) is 4.97. The lowest BCUT2D eigenvalue weighted by Gasteiger charge is -2.13. The van der Waals surface area contributed by atoms with E-state index in [0.29, 0.717) is 15.6 Å². The summed E-state index contributed by atoms with van der Waals surface area (Å²) in [4.78, 5) is 11.7. The van der Waals surface area contributed by atoms with Gasteiger partial charge in [0.1, 0.15) is 6.10 Å². The van der Waals surface area contributed by atoms with Crippen molar-refractivity contribution < 1.29 is 9.90 Å². The van der Waals surface area contributed by atoms with Gasteiger partial charge in [0.15, 0.2) is 5.78 Å². The van der Waals surface area contributed by atoms with E-state index < -0.39 is 6.10 Å². The quantitative estimate of drug-likeness (QED) is 0.833. The fraction of sp³-hybridized carbons (Fsp3) is 0.364. The number of hydrogen-bond acceptors (Lipinski definition) is 2. The molecule has 82 valence electrons. The minimum atomic E-state index is -0.998. The Morgan fingerprint density at radius 2 is 1.87 bits per heavy atom. The number of ketones is 1. The van der Waals surface area contributed by atoms with E-state index in [2.05, 4.69) is 0 Å². The second-order valence-corrected chi connectivity index (χ2v) is 4.50. The van der Waals surface area contributed by atoms with Crippen LogP contribution in [0.4, 0.5) is 0 Å². The Morgan fingerprint density at radius 1 is 1.27 bits per heavy atom. The third-order valence-corrected chi connectivity index (χ3v) is 2.84. The van der Waals surface area contributed by atoms with Gasteiger partial charge in [0, 0.05) is 5.56 Å². The van der Waals surface area contributed by atoms with Gasteiger partial charge in [-0.3, -0.25) is 4.79 Å². The van der Waals surface area contributed by atoms with Crippen LogP contribution >= 0.6 is 23.2 Å². The summed E-state index contributed by atoms with van der Waals surface area (Å²) in [5.74, 6) is -0.449. The summed E-state index contributed by atoms with van der Waals surface area (Å²) < 4.78 is 0. The van der Waals surface area contributed by atoms with Gasteiger partial charge in [-0.25, -0.2) is 0 Å². The molecule has 1 N–H and O–H groups in total. The molecule has 0 amide bonds. The first-order valence-electron chi connectivity index (χ1n) is 4.61. The Labute approximate surface area is 98.8 Å². The third kappa shape index (κ3) is 2.94. The number of rotatable bonds is 3. The standard InChI is InChI=1S/C11H12Cl2O2/c1-6(2)10(14)11(15)7-3-4-8(12)9(13)5-7/h3-6,10,14H,1-2H3. The van der Waals surface area contributed by atoms with Gasteiger partial charge in [0.2, 0.25) is 0 Å². The van der Waals surface area contributed by atoms with Crippen LogP contribution in [-0.4, -0.2) is 17.0 Å². The van der Waals surface area contributed by atoms with Crippen molar-refractivity contribution in [3.63, 3.8) is 0 Å². The van der Waals surface area contributed by atoms with Crippen molar-refractivity contribution in [2.45, 2.75) is 20.0 Å². The summed E-state index contributed by atoms with van der Waals surface area (Å²) in [5, 5.41) is 10.3. The molecule has 1 unspecified atom stereocenters. The van der Waals surface area contributed by atoms with Crippen molar-refractivity contribution in [2.75, 3.05) is 0 Å². The highest BCUT2D eigenvalue weighted by Crippen LogP contribution is 2.23. The SMILES string of the molecule is CC(C)C(O)C(=O)c1ccc(Cl)c(Cl)c1. The molecule has 0 saturated carbocycles. The van der Waals surface area contributed by atoms with Crippen molar-refractivity contribution in [1.29, 1.82) is 0 Å². The smallest absolute Gasteiger partial charge is 0.191 e. The molecule has 0 aliphatic rings. The Bertz CT molecular complexity index is 375. The van der Waals surface area contributed by atoms with Crippen LogP contribution in [0.15, 0.2) is 18.2 Å². The molecule has 0 aliphatic heterocycles. The van der Waals surface area contributed by atoms with E-state index in [1.54, 1.807) is 26.0 Å². The Hall–Kier alpha value is -0.570. The van der Waals surface area contributed by atoms with Crippen molar-refractivity contribution in [3.8, 4) is 0 Å². The maximum atomic E-state index is 11.7. The third-order valence-electron chi connectivity index (χ3n) is 2.10. The molecule has 0 spiro atoms. The number of carbonyl (C=O) groups is 1. The largest absolute Gasteiger partial charge is 0.385 e. The molecule has 0 aromatic heterocycles. The Morgan fingerprint density at radius 3 is 2.33 bits per heavy atom. The number of benzene rings is 1. The maximum Gasteiger partial charge on any atom is 0.191 e. The Balaban J connectivity index is 2.97. The lowest BCUT2D eigenvalue weighted by atomic mass is 9.98. The minimum Gasteiger partial charge on any atom is -0.385 e. The topological polar surface area (TPSA) is 37.3 Å². The highest BCUT2D eigenvalue weighted by Gasteiger charge is 2.20. The predicted molar refractivity (Wildman–Crippen MR) is 61.6 cm³/mol. The number of Topliss-reactive ketones (excluding diaryl/α,β-unsaturated/α-hetero) is 1. The van der Waals surface area contributed by atoms with Gasteiger partial charge in [-0.05, 0) is 24.1 Å². The lowest BCUT2D eigenvalue weighted by Crippen LogP contribution is -2.26. The van der Waals surface area contributed by atoms with Crippen LogP contribution in [0.1, 0.15) is 24.2 Å². The highest BCUT2D eigenvalue weighted by molar-refractivity contribution is 6.42. The average molecular weight is 247 g/mol. The molecular formula is C11H12Cl2O2. The normalized spacial score (nSPS) is 12.9. The van der Waals surface area contributed by atoms with E-state index in [1.807, 2.05) is 0 Å². The van der Waals surface area contributed by atoms with E-state index in [-0.39, 0.29) is 11.7 Å². The predicted octanol–water partition coefficient (Wildman–Crippen LogP) is 3.19. The fourth-order valence-electron chi connectivity index (χ4n) is 1.12. The van der Waals surface area contributed by atoms with Crippen LogP contribution in [-0.2, 0) is 0 Å². The zero-order chi connectivity index (χ0) is 11.6. The van der Waals surface area contributed by atoms with Gasteiger partial charge in [-0.1, -0.05) is 37.0 Å². The molecule has 0 fully saturated rings. The Kier molecular flexibility index (Phi) is 4.14. The highest BCUT2D eigenvalue weighted by atomic mass is 35.5. The molecule has 2 nitrogen and oxygen atoms in total. The van der Waals surface area contributed by atoms with Crippen LogP contribution in [0.25, 0.3) is 0 Å². The molecule has 4 heteroatoms. The molecule has 15 heavy (non-hydrogen) atoms. The first kappa shape index (κ1) is 12.5. The first-order chi connectivity index (χ1) is 6.93. The zero-order valence-electron chi connectivity index (χ0n) is 8.50. The lowest BCUT2D eigenvalue weighted by molar-refractivity contribution is 0.0648. The summed E-state index contributed by atoms with van der Waals surface area (Å²) >= 11 is 11.5. The summed E-state index contributed by atoms with van der Waals surface area (Å²) in [7, 11) is 0. The number of halogens is 2. The van der Waals surface area contributed by atoms with Gasteiger partial charge < -0.3 is 5.11 Å². The second-order valence-electron chi connectivity index (χ2n) is 3.68. The number of aliphatic hydroxyl groups is 1. The molecule has 1 atom stereocenters. The van der Waals surface area contributed by atoms with Crippen LogP contribution in [0.5, 0.6) is 0 Å². The molecule has 0 heterocycles. The van der Waals surface area contributed by atoms with Crippen molar-refractivity contribution in [1.82, 2.24) is 0 Å². The number of aliphatic hydroxyl groups excluding tert-OH is 1. The molecule has 0 bridgehead atoms. The molecular weight excluding hydrogens is 235 g/mol. The summed E-state index contributed by atoms with van der Waals surface area (Å²) in [6.07, 6.45) is -0.998. The summed E-state index contributed by atoms with van der Waals surface area (Å²) in [6.45, 7) is 3.56. The molecule has 0 radical (unpaired) electrons. The average Bonchev–Trinajstić information content (AvgIpc) is 2.19. The van der Waals surface area contributed by atoms with Gasteiger partial charge in [0.05, 0.1) is 10.0 Å². The van der Waals surface area contributed by atoms with E-state index in [1.165, 1.54) is 6.07 Å². The van der Waals surface area contributed by atoms with Crippen LogP contribution < -0.4 is 0 Å². The minimum absolute atomic E-state index is 0.119. The van der Waals surface area contributed by atoms with Crippen LogP contribution in [0.3, 0.4) is 0 Å². The van der Waals surface area contributed by atoms with Gasteiger partial charge in [0.25, 0.3) is 0 Å². The van der Waals surface area contributed by atoms with E-state index >= 15 is 0 Å². The van der Waals surface area contributed by atoms with Crippen LogP contribution in [0.2, 0.25) is 10.0 Å². The van der Waals surface area contributed by atoms with Crippen molar-refractivity contribution in [2.24, 2.45) is 5.92 Å².